The maximum Gasteiger partial charge on any atom is 0.225 e. The van der Waals surface area contributed by atoms with Crippen molar-refractivity contribution in [3.05, 3.63) is 64.7 Å². The van der Waals surface area contributed by atoms with Crippen molar-refractivity contribution in [2.45, 2.75) is 19.4 Å². The van der Waals surface area contributed by atoms with E-state index in [1.807, 2.05) is 19.1 Å². The monoisotopic (exact) mass is 289 g/mol. The number of phenols is 1. The summed E-state index contributed by atoms with van der Waals surface area (Å²) in [5.41, 5.74) is 1.60. The number of rotatable bonds is 4. The molecule has 1 amide bonds. The predicted molar refractivity (Wildman–Crippen MR) is 79.8 cm³/mol. The van der Waals surface area contributed by atoms with E-state index >= 15 is 0 Å². The molecule has 0 aliphatic carbocycles. The van der Waals surface area contributed by atoms with Crippen LogP contribution in [0.1, 0.15) is 24.1 Å². The van der Waals surface area contributed by atoms with E-state index in [4.69, 9.17) is 11.6 Å². The summed E-state index contributed by atoms with van der Waals surface area (Å²) in [4.78, 5) is 12.0. The first kappa shape index (κ1) is 14.4. The lowest BCUT2D eigenvalue weighted by atomic mass is 10.1. The molecule has 0 bridgehead atoms. The van der Waals surface area contributed by atoms with Crippen molar-refractivity contribution in [3.8, 4) is 5.75 Å². The van der Waals surface area contributed by atoms with Crippen LogP contribution >= 0.6 is 11.6 Å². The van der Waals surface area contributed by atoms with Crippen molar-refractivity contribution < 1.29 is 9.90 Å². The van der Waals surface area contributed by atoms with Gasteiger partial charge in [-0.25, -0.2) is 0 Å². The quantitative estimate of drug-likeness (QED) is 0.905. The lowest BCUT2D eigenvalue weighted by Gasteiger charge is -2.14. The minimum Gasteiger partial charge on any atom is -0.508 e. The molecule has 3 nitrogen and oxygen atoms in total. The molecule has 0 spiro atoms. The molecule has 0 aliphatic heterocycles. The highest BCUT2D eigenvalue weighted by Crippen LogP contribution is 2.18. The number of phenolic OH excluding ortho intramolecular Hbond substituents is 1. The Balaban J connectivity index is 1.98. The van der Waals surface area contributed by atoms with Gasteiger partial charge < -0.3 is 10.4 Å². The van der Waals surface area contributed by atoms with Gasteiger partial charge in [0.1, 0.15) is 5.75 Å². The van der Waals surface area contributed by atoms with Crippen LogP contribution in [0.4, 0.5) is 0 Å². The van der Waals surface area contributed by atoms with E-state index in [0.29, 0.717) is 10.6 Å². The molecule has 4 heteroatoms. The number of aromatic hydroxyl groups is 1. The number of halogens is 1. The number of hydrogen-bond acceptors (Lipinski definition) is 2. The van der Waals surface area contributed by atoms with Crippen LogP contribution in [0.15, 0.2) is 48.5 Å². The van der Waals surface area contributed by atoms with Crippen LogP contribution < -0.4 is 5.32 Å². The molecule has 2 N–H and O–H groups in total. The minimum absolute atomic E-state index is 0.106. The van der Waals surface area contributed by atoms with Gasteiger partial charge in [0.15, 0.2) is 0 Å². The van der Waals surface area contributed by atoms with Gasteiger partial charge in [-0.2, -0.15) is 0 Å². The topological polar surface area (TPSA) is 49.3 Å². The lowest BCUT2D eigenvalue weighted by Crippen LogP contribution is -2.28. The first-order valence-corrected chi connectivity index (χ1v) is 6.76. The molecule has 0 saturated heterocycles. The second-order valence-corrected chi connectivity index (χ2v) is 5.08. The molecular formula is C16H16ClNO2. The van der Waals surface area contributed by atoms with Crippen LogP contribution in [0.2, 0.25) is 5.02 Å². The van der Waals surface area contributed by atoms with E-state index < -0.39 is 0 Å². The Morgan fingerprint density at radius 2 is 1.85 bits per heavy atom. The van der Waals surface area contributed by atoms with Gasteiger partial charge >= 0.3 is 0 Å². The van der Waals surface area contributed by atoms with Crippen LogP contribution in [-0.4, -0.2) is 11.0 Å². The second kappa shape index (κ2) is 6.44. The lowest BCUT2D eigenvalue weighted by molar-refractivity contribution is -0.121. The highest BCUT2D eigenvalue weighted by Gasteiger charge is 2.11. The van der Waals surface area contributed by atoms with Gasteiger partial charge in [0.25, 0.3) is 0 Å². The summed E-state index contributed by atoms with van der Waals surface area (Å²) in [5, 5.41) is 13.2. The van der Waals surface area contributed by atoms with Gasteiger partial charge in [0, 0.05) is 10.6 Å². The molecule has 1 atom stereocenters. The van der Waals surface area contributed by atoms with Gasteiger partial charge in [-0.1, -0.05) is 41.9 Å². The van der Waals surface area contributed by atoms with Crippen LogP contribution in [0.5, 0.6) is 5.75 Å². The summed E-state index contributed by atoms with van der Waals surface area (Å²) in [7, 11) is 0. The fraction of sp³-hybridized carbons (Fsp3) is 0.188. The maximum atomic E-state index is 12.0. The molecule has 2 aromatic rings. The third-order valence-corrected chi connectivity index (χ3v) is 3.34. The Labute approximate surface area is 123 Å². The van der Waals surface area contributed by atoms with Crippen molar-refractivity contribution in [1.82, 2.24) is 5.32 Å². The molecule has 104 valence electrons. The molecule has 0 aromatic heterocycles. The molecule has 1 unspecified atom stereocenters. The van der Waals surface area contributed by atoms with E-state index in [1.165, 1.54) is 0 Å². The molecule has 2 rings (SSSR count). The number of hydrogen-bond donors (Lipinski definition) is 2. The SMILES string of the molecule is CC(NC(=O)Cc1ccccc1O)c1ccc(Cl)cc1. The van der Waals surface area contributed by atoms with Crippen molar-refractivity contribution in [3.63, 3.8) is 0 Å². The van der Waals surface area contributed by atoms with Crippen LogP contribution in [-0.2, 0) is 11.2 Å². The highest BCUT2D eigenvalue weighted by molar-refractivity contribution is 6.30. The van der Waals surface area contributed by atoms with E-state index in [2.05, 4.69) is 5.32 Å². The zero-order chi connectivity index (χ0) is 14.5. The minimum atomic E-state index is -0.131. The van der Waals surface area contributed by atoms with Crippen LogP contribution in [0.25, 0.3) is 0 Å². The number of carbonyl (C=O) groups is 1. The van der Waals surface area contributed by atoms with E-state index in [-0.39, 0.29) is 24.1 Å². The summed E-state index contributed by atoms with van der Waals surface area (Å²) >= 11 is 5.83. The summed E-state index contributed by atoms with van der Waals surface area (Å²) < 4.78 is 0. The van der Waals surface area contributed by atoms with Crippen molar-refractivity contribution >= 4 is 17.5 Å². The number of amides is 1. The zero-order valence-electron chi connectivity index (χ0n) is 11.1. The third kappa shape index (κ3) is 3.75. The molecule has 0 fully saturated rings. The van der Waals surface area contributed by atoms with Gasteiger partial charge in [0.05, 0.1) is 12.5 Å². The van der Waals surface area contributed by atoms with Gasteiger partial charge in [-0.15, -0.1) is 0 Å². The number of para-hydroxylation sites is 1. The van der Waals surface area contributed by atoms with Gasteiger partial charge in [0.2, 0.25) is 5.91 Å². The van der Waals surface area contributed by atoms with E-state index in [9.17, 15) is 9.90 Å². The van der Waals surface area contributed by atoms with Gasteiger partial charge in [-0.3, -0.25) is 4.79 Å². The van der Waals surface area contributed by atoms with Crippen molar-refractivity contribution in [1.29, 1.82) is 0 Å². The standard InChI is InChI=1S/C16H16ClNO2/c1-11(12-6-8-14(17)9-7-12)18-16(20)10-13-4-2-3-5-15(13)19/h2-9,11,19H,10H2,1H3,(H,18,20). The zero-order valence-corrected chi connectivity index (χ0v) is 11.9. The molecule has 0 aliphatic rings. The van der Waals surface area contributed by atoms with E-state index in [0.717, 1.165) is 5.56 Å². The highest BCUT2D eigenvalue weighted by atomic mass is 35.5. The van der Waals surface area contributed by atoms with Crippen LogP contribution in [0, 0.1) is 0 Å². The first-order chi connectivity index (χ1) is 9.56. The third-order valence-electron chi connectivity index (χ3n) is 3.09. The molecule has 0 heterocycles. The Bertz CT molecular complexity index is 596. The average Bonchev–Trinajstić information content (AvgIpc) is 2.42. The Hall–Kier alpha value is -2.00. The smallest absolute Gasteiger partial charge is 0.225 e. The normalized spacial score (nSPS) is 11.9. The fourth-order valence-electron chi connectivity index (χ4n) is 1.96. The molecule has 20 heavy (non-hydrogen) atoms. The second-order valence-electron chi connectivity index (χ2n) is 4.65. The molecular weight excluding hydrogens is 274 g/mol. The number of nitrogens with one attached hydrogen (secondary N) is 1. The number of carbonyl (C=O) groups excluding carboxylic acids is 1. The largest absolute Gasteiger partial charge is 0.508 e. The Morgan fingerprint density at radius 3 is 2.50 bits per heavy atom. The summed E-state index contributed by atoms with van der Waals surface area (Å²) in [6.07, 6.45) is 0.157. The van der Waals surface area contributed by atoms with Crippen LogP contribution in [0.3, 0.4) is 0 Å². The molecule has 2 aromatic carbocycles. The van der Waals surface area contributed by atoms with Crippen molar-refractivity contribution in [2.24, 2.45) is 0 Å². The Kier molecular flexibility index (Phi) is 4.64. The summed E-state index contributed by atoms with van der Waals surface area (Å²) in [5.74, 6) is 0.00995. The van der Waals surface area contributed by atoms with Gasteiger partial charge in [-0.05, 0) is 30.7 Å². The summed E-state index contributed by atoms with van der Waals surface area (Å²) in [6.45, 7) is 1.91. The van der Waals surface area contributed by atoms with Crippen molar-refractivity contribution in [2.75, 3.05) is 0 Å². The predicted octanol–water partition coefficient (Wildman–Crippen LogP) is 3.47. The maximum absolute atomic E-state index is 12.0. The average molecular weight is 290 g/mol. The molecule has 0 radical (unpaired) electrons. The first-order valence-electron chi connectivity index (χ1n) is 6.38. The fourth-order valence-corrected chi connectivity index (χ4v) is 2.09. The molecule has 0 saturated carbocycles. The Morgan fingerprint density at radius 1 is 1.20 bits per heavy atom. The number of benzene rings is 2. The summed E-state index contributed by atoms with van der Waals surface area (Å²) in [6, 6.07) is 14.1. The van der Waals surface area contributed by atoms with E-state index in [1.54, 1.807) is 36.4 Å².